The van der Waals surface area contributed by atoms with Gasteiger partial charge in [0.15, 0.2) is 0 Å². The Labute approximate surface area is 130 Å². The van der Waals surface area contributed by atoms with E-state index in [-0.39, 0.29) is 18.1 Å². The van der Waals surface area contributed by atoms with E-state index in [1.54, 1.807) is 12.1 Å². The van der Waals surface area contributed by atoms with Crippen molar-refractivity contribution in [3.05, 3.63) is 71.8 Å². The Hall–Kier alpha value is -2.17. The molecule has 1 N–H and O–H groups in total. The van der Waals surface area contributed by atoms with E-state index in [1.807, 2.05) is 48.5 Å². The molecule has 0 saturated carbocycles. The van der Waals surface area contributed by atoms with Crippen molar-refractivity contribution in [2.75, 3.05) is 13.2 Å². The zero-order valence-corrected chi connectivity index (χ0v) is 12.3. The molecule has 0 amide bonds. The lowest BCUT2D eigenvalue weighted by atomic mass is 10.2. The maximum atomic E-state index is 11.8. The second-order valence-electron chi connectivity index (χ2n) is 5.34. The highest BCUT2D eigenvalue weighted by atomic mass is 16.5. The molecule has 1 aliphatic heterocycles. The third kappa shape index (κ3) is 4.16. The van der Waals surface area contributed by atoms with Crippen LogP contribution in [0.25, 0.3) is 0 Å². The maximum Gasteiger partial charge on any atom is 0.338 e. The van der Waals surface area contributed by atoms with E-state index in [2.05, 4.69) is 5.32 Å². The van der Waals surface area contributed by atoms with Crippen molar-refractivity contribution in [1.82, 2.24) is 5.32 Å². The normalized spacial score (nSPS) is 19.6. The highest BCUT2D eigenvalue weighted by Gasteiger charge is 2.37. The van der Waals surface area contributed by atoms with Crippen LogP contribution in [0.1, 0.15) is 15.9 Å². The topological polar surface area (TPSA) is 57.5 Å². The van der Waals surface area contributed by atoms with Crippen molar-refractivity contribution in [3.63, 3.8) is 0 Å². The van der Waals surface area contributed by atoms with E-state index in [1.165, 1.54) is 0 Å². The molecule has 4 heteroatoms. The van der Waals surface area contributed by atoms with Gasteiger partial charge in [0.1, 0.15) is 6.61 Å². The van der Waals surface area contributed by atoms with Crippen LogP contribution < -0.4 is 5.32 Å². The zero-order chi connectivity index (χ0) is 15.2. The molecular weight excluding hydrogens is 278 g/mol. The van der Waals surface area contributed by atoms with Gasteiger partial charge in [-0.1, -0.05) is 48.5 Å². The standard InChI is InChI=1S/C18H19NO3/c20-18(15-9-5-2-6-10-15)22-13-17-16(19-17)12-21-11-14-7-3-1-4-8-14/h1-10,16-17,19H,11-13H2/t16-,17+/m1/s1. The number of hydrogen-bond donors (Lipinski definition) is 1. The zero-order valence-electron chi connectivity index (χ0n) is 12.3. The molecule has 2 atom stereocenters. The van der Waals surface area contributed by atoms with Gasteiger partial charge in [-0.15, -0.1) is 0 Å². The van der Waals surface area contributed by atoms with E-state index >= 15 is 0 Å². The quantitative estimate of drug-likeness (QED) is 0.630. The molecule has 0 bridgehead atoms. The van der Waals surface area contributed by atoms with Crippen LogP contribution in [0, 0.1) is 0 Å². The van der Waals surface area contributed by atoms with Crippen LogP contribution >= 0.6 is 0 Å². The third-order valence-corrected chi connectivity index (χ3v) is 3.62. The average Bonchev–Trinajstić information content (AvgIpc) is 3.33. The van der Waals surface area contributed by atoms with Gasteiger partial charge in [0.2, 0.25) is 0 Å². The number of ether oxygens (including phenoxy) is 2. The Morgan fingerprint density at radius 2 is 1.55 bits per heavy atom. The predicted molar refractivity (Wildman–Crippen MR) is 83.5 cm³/mol. The van der Waals surface area contributed by atoms with E-state index in [0.717, 1.165) is 5.56 Å². The smallest absolute Gasteiger partial charge is 0.338 e. The summed E-state index contributed by atoms with van der Waals surface area (Å²) < 4.78 is 11.0. The molecule has 2 aromatic carbocycles. The molecule has 0 aliphatic carbocycles. The lowest BCUT2D eigenvalue weighted by molar-refractivity contribution is 0.0499. The second kappa shape index (κ2) is 7.20. The summed E-state index contributed by atoms with van der Waals surface area (Å²) in [5.41, 5.74) is 1.75. The van der Waals surface area contributed by atoms with Gasteiger partial charge in [-0.05, 0) is 17.7 Å². The van der Waals surface area contributed by atoms with Crippen LogP contribution in [-0.4, -0.2) is 31.3 Å². The van der Waals surface area contributed by atoms with Crippen molar-refractivity contribution in [2.24, 2.45) is 0 Å². The molecule has 0 spiro atoms. The predicted octanol–water partition coefficient (Wildman–Crippen LogP) is 2.40. The van der Waals surface area contributed by atoms with Gasteiger partial charge in [-0.2, -0.15) is 0 Å². The molecular formula is C18H19NO3. The number of carbonyl (C=O) groups is 1. The van der Waals surface area contributed by atoms with E-state index in [0.29, 0.717) is 25.4 Å². The Morgan fingerprint density at radius 3 is 2.27 bits per heavy atom. The SMILES string of the molecule is O=C(OC[C@@H]1N[C@@H]1COCc1ccccc1)c1ccccc1. The minimum atomic E-state index is -0.279. The highest BCUT2D eigenvalue weighted by Crippen LogP contribution is 2.14. The van der Waals surface area contributed by atoms with Gasteiger partial charge in [-0.25, -0.2) is 4.79 Å². The Bertz CT molecular complexity index is 600. The molecule has 3 rings (SSSR count). The lowest BCUT2D eigenvalue weighted by Gasteiger charge is -2.04. The molecule has 4 nitrogen and oxygen atoms in total. The fourth-order valence-electron chi connectivity index (χ4n) is 2.25. The summed E-state index contributed by atoms with van der Waals surface area (Å²) in [5, 5.41) is 3.26. The summed E-state index contributed by atoms with van der Waals surface area (Å²) in [6, 6.07) is 19.6. The average molecular weight is 297 g/mol. The largest absolute Gasteiger partial charge is 0.460 e. The van der Waals surface area contributed by atoms with Gasteiger partial charge < -0.3 is 14.8 Å². The van der Waals surface area contributed by atoms with Crippen LogP contribution in [0.3, 0.4) is 0 Å². The van der Waals surface area contributed by atoms with Crippen molar-refractivity contribution < 1.29 is 14.3 Å². The number of hydrogen-bond acceptors (Lipinski definition) is 4. The first-order chi connectivity index (χ1) is 10.8. The molecule has 1 saturated heterocycles. The summed E-state index contributed by atoms with van der Waals surface area (Å²) in [7, 11) is 0. The number of benzene rings is 2. The summed E-state index contributed by atoms with van der Waals surface area (Å²) in [5.74, 6) is -0.279. The molecule has 22 heavy (non-hydrogen) atoms. The fourth-order valence-corrected chi connectivity index (χ4v) is 2.25. The number of esters is 1. The molecule has 114 valence electrons. The van der Waals surface area contributed by atoms with Gasteiger partial charge in [0.25, 0.3) is 0 Å². The summed E-state index contributed by atoms with van der Waals surface area (Å²) in [4.78, 5) is 11.8. The maximum absolute atomic E-state index is 11.8. The Morgan fingerprint density at radius 1 is 0.909 bits per heavy atom. The molecule has 1 heterocycles. The number of rotatable bonds is 7. The Kier molecular flexibility index (Phi) is 4.83. The molecule has 0 unspecified atom stereocenters. The first kappa shape index (κ1) is 14.8. The van der Waals surface area contributed by atoms with Gasteiger partial charge in [-0.3, -0.25) is 0 Å². The van der Waals surface area contributed by atoms with Crippen molar-refractivity contribution >= 4 is 5.97 Å². The fraction of sp³-hybridized carbons (Fsp3) is 0.278. The van der Waals surface area contributed by atoms with Crippen molar-refractivity contribution in [3.8, 4) is 0 Å². The third-order valence-electron chi connectivity index (χ3n) is 3.62. The lowest BCUT2D eigenvalue weighted by Crippen LogP contribution is -2.13. The molecule has 0 radical (unpaired) electrons. The van der Waals surface area contributed by atoms with Crippen LogP contribution in [-0.2, 0) is 16.1 Å². The van der Waals surface area contributed by atoms with Crippen LogP contribution in [0.4, 0.5) is 0 Å². The van der Waals surface area contributed by atoms with Crippen molar-refractivity contribution in [2.45, 2.75) is 18.7 Å². The molecule has 1 fully saturated rings. The number of nitrogens with one attached hydrogen (secondary N) is 1. The van der Waals surface area contributed by atoms with E-state index < -0.39 is 0 Å². The van der Waals surface area contributed by atoms with Gasteiger partial charge in [0.05, 0.1) is 24.8 Å². The molecule has 1 aliphatic rings. The van der Waals surface area contributed by atoms with Gasteiger partial charge in [0, 0.05) is 6.04 Å². The number of carbonyl (C=O) groups excluding carboxylic acids is 1. The summed E-state index contributed by atoms with van der Waals surface area (Å²) in [6.07, 6.45) is 0. The van der Waals surface area contributed by atoms with Gasteiger partial charge >= 0.3 is 5.97 Å². The van der Waals surface area contributed by atoms with Crippen LogP contribution in [0.2, 0.25) is 0 Å². The van der Waals surface area contributed by atoms with Crippen LogP contribution in [0.5, 0.6) is 0 Å². The second-order valence-corrected chi connectivity index (χ2v) is 5.34. The van der Waals surface area contributed by atoms with E-state index in [9.17, 15) is 4.79 Å². The molecule has 2 aromatic rings. The van der Waals surface area contributed by atoms with E-state index in [4.69, 9.17) is 9.47 Å². The first-order valence-corrected chi connectivity index (χ1v) is 7.43. The first-order valence-electron chi connectivity index (χ1n) is 7.43. The minimum absolute atomic E-state index is 0.198. The Balaban J connectivity index is 1.32. The summed E-state index contributed by atoms with van der Waals surface area (Å²) in [6.45, 7) is 1.62. The van der Waals surface area contributed by atoms with Crippen LogP contribution in [0.15, 0.2) is 60.7 Å². The van der Waals surface area contributed by atoms with Crippen molar-refractivity contribution in [1.29, 1.82) is 0 Å². The monoisotopic (exact) mass is 297 g/mol. The summed E-state index contributed by atoms with van der Waals surface area (Å²) >= 11 is 0. The minimum Gasteiger partial charge on any atom is -0.460 e. The molecule has 0 aromatic heterocycles. The highest BCUT2D eigenvalue weighted by molar-refractivity contribution is 5.89.